The third-order valence-electron chi connectivity index (χ3n) is 1.66. The lowest BCUT2D eigenvalue weighted by atomic mass is 9.84. The molecular weight excluding hydrogens is 128 g/mol. The van der Waals surface area contributed by atoms with Crippen molar-refractivity contribution in [3.05, 3.63) is 0 Å². The van der Waals surface area contributed by atoms with Gasteiger partial charge in [-0.2, -0.15) is 0 Å². The largest absolute Gasteiger partial charge is 0.390 e. The Balaban J connectivity index is 3.94. The quantitative estimate of drug-likeness (QED) is 0.500. The van der Waals surface area contributed by atoms with Crippen LogP contribution in [0, 0.1) is 5.41 Å². The van der Waals surface area contributed by atoms with Gasteiger partial charge in [0, 0.05) is 12.6 Å². The zero-order valence-electron chi connectivity index (χ0n) is 6.96. The number of hydrogen-bond donors (Lipinski definition) is 3. The molecule has 5 N–H and O–H groups in total. The lowest BCUT2D eigenvalue weighted by Crippen LogP contribution is -2.48. The number of nitrogens with two attached hydrogens (primary N) is 2. The lowest BCUT2D eigenvalue weighted by molar-refractivity contribution is 0.0991. The highest BCUT2D eigenvalue weighted by atomic mass is 16.3. The molecule has 0 aliphatic carbocycles. The number of aliphatic hydroxyl groups excluding tert-OH is 1. The maximum atomic E-state index is 9.21. The molecule has 0 saturated carbocycles. The van der Waals surface area contributed by atoms with Gasteiger partial charge in [0.15, 0.2) is 0 Å². The number of rotatable bonds is 2. The molecule has 0 aliphatic heterocycles. The molecule has 10 heavy (non-hydrogen) atoms. The molecule has 0 fully saturated rings. The summed E-state index contributed by atoms with van der Waals surface area (Å²) in [6, 6.07) is -0.238. The van der Waals surface area contributed by atoms with Crippen LogP contribution in [0.15, 0.2) is 0 Å². The fourth-order valence-corrected chi connectivity index (χ4v) is 0.724. The molecule has 0 saturated heterocycles. The third-order valence-corrected chi connectivity index (χ3v) is 1.66. The van der Waals surface area contributed by atoms with Gasteiger partial charge in [0.05, 0.1) is 6.10 Å². The van der Waals surface area contributed by atoms with E-state index in [1.807, 2.05) is 20.8 Å². The summed E-state index contributed by atoms with van der Waals surface area (Å²) < 4.78 is 0. The number of hydrogen-bond acceptors (Lipinski definition) is 3. The van der Waals surface area contributed by atoms with Crippen LogP contribution < -0.4 is 11.5 Å². The van der Waals surface area contributed by atoms with Crippen LogP contribution in [-0.4, -0.2) is 23.8 Å². The van der Waals surface area contributed by atoms with E-state index in [0.29, 0.717) is 0 Å². The molecule has 3 heteroatoms. The highest BCUT2D eigenvalue weighted by Crippen LogP contribution is 2.19. The zero-order chi connectivity index (χ0) is 8.36. The predicted molar refractivity (Wildman–Crippen MR) is 42.5 cm³/mol. The molecule has 0 aliphatic rings. The molecule has 0 bridgehead atoms. The SMILES string of the molecule is CC(C)(C)C(N)C(O)CN. The van der Waals surface area contributed by atoms with E-state index in [4.69, 9.17) is 11.5 Å². The molecule has 0 aromatic rings. The molecule has 0 aromatic carbocycles. The van der Waals surface area contributed by atoms with Gasteiger partial charge in [-0.25, -0.2) is 0 Å². The van der Waals surface area contributed by atoms with Crippen molar-refractivity contribution in [1.29, 1.82) is 0 Å². The van der Waals surface area contributed by atoms with Crippen LogP contribution in [0.1, 0.15) is 20.8 Å². The Morgan fingerprint density at radius 1 is 1.40 bits per heavy atom. The van der Waals surface area contributed by atoms with Crippen LogP contribution in [0.2, 0.25) is 0 Å². The van der Waals surface area contributed by atoms with Crippen molar-refractivity contribution >= 4 is 0 Å². The zero-order valence-corrected chi connectivity index (χ0v) is 6.96. The van der Waals surface area contributed by atoms with Crippen molar-refractivity contribution in [2.24, 2.45) is 16.9 Å². The van der Waals surface area contributed by atoms with Crippen molar-refractivity contribution in [3.8, 4) is 0 Å². The maximum Gasteiger partial charge on any atom is 0.0818 e. The first-order valence-corrected chi connectivity index (χ1v) is 3.53. The molecule has 0 aromatic heterocycles. The molecule has 0 radical (unpaired) electrons. The average Bonchev–Trinajstić information content (AvgIpc) is 1.83. The van der Waals surface area contributed by atoms with Gasteiger partial charge in [0.25, 0.3) is 0 Å². The molecule has 0 spiro atoms. The first kappa shape index (κ1) is 9.88. The van der Waals surface area contributed by atoms with Gasteiger partial charge in [-0.3, -0.25) is 0 Å². The van der Waals surface area contributed by atoms with Crippen molar-refractivity contribution in [1.82, 2.24) is 0 Å². The summed E-state index contributed by atoms with van der Waals surface area (Å²) in [5.74, 6) is 0. The molecule has 2 atom stereocenters. The molecule has 0 heterocycles. The van der Waals surface area contributed by atoms with Gasteiger partial charge in [0.1, 0.15) is 0 Å². The Kier molecular flexibility index (Phi) is 3.28. The van der Waals surface area contributed by atoms with Gasteiger partial charge < -0.3 is 16.6 Å². The van der Waals surface area contributed by atoms with Crippen LogP contribution in [0.25, 0.3) is 0 Å². The Morgan fingerprint density at radius 2 is 1.80 bits per heavy atom. The molecular formula is C7H18N2O. The minimum atomic E-state index is -0.583. The number of aliphatic hydroxyl groups is 1. The van der Waals surface area contributed by atoms with Gasteiger partial charge >= 0.3 is 0 Å². The summed E-state index contributed by atoms with van der Waals surface area (Å²) in [6.07, 6.45) is -0.583. The Labute approximate surface area is 62.4 Å². The van der Waals surface area contributed by atoms with Gasteiger partial charge in [-0.15, -0.1) is 0 Å². The van der Waals surface area contributed by atoms with Gasteiger partial charge in [-0.05, 0) is 5.41 Å². The minimum absolute atomic E-state index is 0.0706. The molecule has 3 nitrogen and oxygen atoms in total. The lowest BCUT2D eigenvalue weighted by Gasteiger charge is -2.30. The van der Waals surface area contributed by atoms with Crippen molar-refractivity contribution < 1.29 is 5.11 Å². The van der Waals surface area contributed by atoms with Crippen molar-refractivity contribution in [3.63, 3.8) is 0 Å². The monoisotopic (exact) mass is 146 g/mol. The maximum absolute atomic E-state index is 9.21. The van der Waals surface area contributed by atoms with Gasteiger partial charge in [0.2, 0.25) is 0 Å². The van der Waals surface area contributed by atoms with E-state index in [9.17, 15) is 5.11 Å². The summed E-state index contributed by atoms with van der Waals surface area (Å²) in [5.41, 5.74) is 10.8. The smallest absolute Gasteiger partial charge is 0.0818 e. The second-order valence-electron chi connectivity index (χ2n) is 3.69. The fraction of sp³-hybridized carbons (Fsp3) is 1.00. The van der Waals surface area contributed by atoms with E-state index in [1.165, 1.54) is 0 Å². The summed E-state index contributed by atoms with van der Waals surface area (Å²) in [4.78, 5) is 0. The van der Waals surface area contributed by atoms with E-state index in [0.717, 1.165) is 0 Å². The Hall–Kier alpha value is -0.120. The van der Waals surface area contributed by atoms with Crippen LogP contribution in [0.5, 0.6) is 0 Å². The Bertz CT molecular complexity index is 98.3. The topological polar surface area (TPSA) is 72.3 Å². The van der Waals surface area contributed by atoms with Crippen molar-refractivity contribution in [2.45, 2.75) is 32.9 Å². The summed E-state index contributed by atoms with van der Waals surface area (Å²) >= 11 is 0. The van der Waals surface area contributed by atoms with Crippen LogP contribution in [0.3, 0.4) is 0 Å². The van der Waals surface area contributed by atoms with E-state index >= 15 is 0 Å². The van der Waals surface area contributed by atoms with E-state index < -0.39 is 6.10 Å². The molecule has 0 rings (SSSR count). The third kappa shape index (κ3) is 2.64. The second kappa shape index (κ2) is 3.32. The Morgan fingerprint density at radius 3 is 1.90 bits per heavy atom. The van der Waals surface area contributed by atoms with Crippen molar-refractivity contribution in [2.75, 3.05) is 6.54 Å². The average molecular weight is 146 g/mol. The standard InChI is InChI=1S/C7H18N2O/c1-7(2,3)6(9)5(10)4-8/h5-6,10H,4,8-9H2,1-3H3. The first-order chi connectivity index (χ1) is 4.39. The normalized spacial score (nSPS) is 18.6. The summed E-state index contributed by atoms with van der Waals surface area (Å²) in [7, 11) is 0. The van der Waals surface area contributed by atoms with E-state index in [1.54, 1.807) is 0 Å². The highest BCUT2D eigenvalue weighted by Gasteiger charge is 2.26. The van der Waals surface area contributed by atoms with Crippen LogP contribution in [-0.2, 0) is 0 Å². The van der Waals surface area contributed by atoms with E-state index in [-0.39, 0.29) is 18.0 Å². The second-order valence-corrected chi connectivity index (χ2v) is 3.69. The van der Waals surface area contributed by atoms with Crippen LogP contribution in [0.4, 0.5) is 0 Å². The molecule has 62 valence electrons. The van der Waals surface area contributed by atoms with E-state index in [2.05, 4.69) is 0 Å². The first-order valence-electron chi connectivity index (χ1n) is 3.53. The molecule has 2 unspecified atom stereocenters. The van der Waals surface area contributed by atoms with Gasteiger partial charge in [-0.1, -0.05) is 20.8 Å². The highest BCUT2D eigenvalue weighted by molar-refractivity contribution is 4.83. The predicted octanol–water partition coefficient (Wildman–Crippen LogP) is -0.321. The summed E-state index contributed by atoms with van der Waals surface area (Å²) in [5, 5.41) is 9.21. The van der Waals surface area contributed by atoms with Crippen LogP contribution >= 0.6 is 0 Å². The summed E-state index contributed by atoms with van der Waals surface area (Å²) in [6.45, 7) is 6.18. The minimum Gasteiger partial charge on any atom is -0.390 e. The molecule has 0 amide bonds. The fourth-order valence-electron chi connectivity index (χ4n) is 0.724.